The molecule has 0 saturated carbocycles. The Kier molecular flexibility index (Phi) is 3.81. The van der Waals surface area contributed by atoms with Gasteiger partial charge in [-0.25, -0.2) is 0 Å². The highest BCUT2D eigenvalue weighted by molar-refractivity contribution is 5.72. The summed E-state index contributed by atoms with van der Waals surface area (Å²) in [6.07, 6.45) is -5.40. The molecule has 0 fully saturated rings. The molecule has 0 spiro atoms. The van der Waals surface area contributed by atoms with E-state index in [0.717, 1.165) is 12.1 Å². The molecule has 96 valence electrons. The van der Waals surface area contributed by atoms with Gasteiger partial charge in [-0.1, -0.05) is 0 Å². The molecule has 0 aliphatic rings. The Morgan fingerprint density at radius 3 is 2.56 bits per heavy atom. The summed E-state index contributed by atoms with van der Waals surface area (Å²) in [6, 6.07) is 3.83. The molecule has 1 N–H and O–H groups in total. The van der Waals surface area contributed by atoms with E-state index in [9.17, 15) is 18.0 Å². The second-order valence-corrected chi connectivity index (χ2v) is 3.44. The first-order valence-corrected chi connectivity index (χ1v) is 4.74. The van der Waals surface area contributed by atoms with Gasteiger partial charge in [0.1, 0.15) is 5.75 Å². The van der Waals surface area contributed by atoms with Crippen molar-refractivity contribution in [1.82, 2.24) is 0 Å². The minimum atomic E-state index is -4.86. The first-order chi connectivity index (χ1) is 8.24. The van der Waals surface area contributed by atoms with Crippen LogP contribution in [0, 0.1) is 18.3 Å². The maximum atomic E-state index is 12.1. The van der Waals surface area contributed by atoms with Gasteiger partial charge in [0.15, 0.2) is 0 Å². The van der Waals surface area contributed by atoms with E-state index in [2.05, 4.69) is 4.74 Å². The molecule has 0 bridgehead atoms. The minimum Gasteiger partial charge on any atom is -0.481 e. The molecule has 1 aromatic carbocycles. The van der Waals surface area contributed by atoms with Crippen molar-refractivity contribution in [3.8, 4) is 11.8 Å². The number of nitriles is 1. The molecule has 7 heteroatoms. The van der Waals surface area contributed by atoms with E-state index in [0.29, 0.717) is 0 Å². The van der Waals surface area contributed by atoms with Gasteiger partial charge >= 0.3 is 12.3 Å². The van der Waals surface area contributed by atoms with Gasteiger partial charge in [-0.05, 0) is 30.2 Å². The third-order valence-corrected chi connectivity index (χ3v) is 2.22. The topological polar surface area (TPSA) is 70.3 Å². The molecule has 1 aromatic rings. The predicted octanol–water partition coefficient (Wildman–Crippen LogP) is 2.39. The Morgan fingerprint density at radius 2 is 2.11 bits per heavy atom. The van der Waals surface area contributed by atoms with Crippen LogP contribution in [0.15, 0.2) is 12.1 Å². The van der Waals surface area contributed by atoms with Gasteiger partial charge in [-0.2, -0.15) is 5.26 Å². The Balaban J connectivity index is 3.26. The van der Waals surface area contributed by atoms with Crippen LogP contribution in [0.25, 0.3) is 0 Å². The molecule has 0 aromatic heterocycles. The van der Waals surface area contributed by atoms with Crippen molar-refractivity contribution in [3.05, 3.63) is 28.8 Å². The van der Waals surface area contributed by atoms with Crippen molar-refractivity contribution in [1.29, 1.82) is 5.26 Å². The summed E-state index contributed by atoms with van der Waals surface area (Å²) in [4.78, 5) is 10.6. The first kappa shape index (κ1) is 13.8. The van der Waals surface area contributed by atoms with Crippen molar-refractivity contribution in [3.63, 3.8) is 0 Å². The average Bonchev–Trinajstić information content (AvgIpc) is 2.22. The Labute approximate surface area is 100 Å². The summed E-state index contributed by atoms with van der Waals surface area (Å²) in [5, 5.41) is 17.4. The third kappa shape index (κ3) is 3.38. The summed E-state index contributed by atoms with van der Waals surface area (Å²) in [6.45, 7) is 1.28. The Bertz CT molecular complexity index is 517. The number of rotatable bonds is 3. The van der Waals surface area contributed by atoms with Gasteiger partial charge in [0.25, 0.3) is 0 Å². The third-order valence-electron chi connectivity index (χ3n) is 2.22. The number of alkyl halides is 3. The average molecular weight is 259 g/mol. The van der Waals surface area contributed by atoms with E-state index in [4.69, 9.17) is 10.4 Å². The predicted molar refractivity (Wildman–Crippen MR) is 53.9 cm³/mol. The molecule has 0 atom stereocenters. The molecule has 0 unspecified atom stereocenters. The zero-order chi connectivity index (χ0) is 13.9. The second-order valence-electron chi connectivity index (χ2n) is 3.44. The summed E-state index contributed by atoms with van der Waals surface area (Å²) in [5.41, 5.74) is 0.0324. The van der Waals surface area contributed by atoms with Gasteiger partial charge in [0, 0.05) is 0 Å². The Hall–Kier alpha value is -2.23. The number of benzene rings is 1. The number of carboxylic acid groups (broad SMARTS) is 1. The van der Waals surface area contributed by atoms with Gasteiger partial charge in [-0.3, -0.25) is 4.79 Å². The number of aliphatic carboxylic acids is 1. The van der Waals surface area contributed by atoms with Crippen LogP contribution in [0.3, 0.4) is 0 Å². The van der Waals surface area contributed by atoms with Crippen molar-refractivity contribution in [2.45, 2.75) is 19.7 Å². The summed E-state index contributed by atoms with van der Waals surface area (Å²) >= 11 is 0. The van der Waals surface area contributed by atoms with Gasteiger partial charge in [0.05, 0.1) is 18.1 Å². The fraction of sp³-hybridized carbons (Fsp3) is 0.273. The lowest BCUT2D eigenvalue weighted by atomic mass is 9.99. The molecule has 0 heterocycles. The number of hydrogen-bond donors (Lipinski definition) is 1. The van der Waals surface area contributed by atoms with Crippen LogP contribution in [0.5, 0.6) is 5.75 Å². The fourth-order valence-electron chi connectivity index (χ4n) is 1.45. The molecule has 0 aliphatic carbocycles. The summed E-state index contributed by atoms with van der Waals surface area (Å²) in [7, 11) is 0. The lowest BCUT2D eigenvalue weighted by Crippen LogP contribution is -2.18. The maximum absolute atomic E-state index is 12.1. The lowest BCUT2D eigenvalue weighted by Gasteiger charge is -2.14. The van der Waals surface area contributed by atoms with E-state index in [1.165, 1.54) is 6.92 Å². The molecular formula is C11H8F3NO3. The molecule has 0 amide bonds. The van der Waals surface area contributed by atoms with E-state index in [1.54, 1.807) is 6.07 Å². The van der Waals surface area contributed by atoms with Gasteiger partial charge in [0.2, 0.25) is 0 Å². The molecule has 4 nitrogen and oxygen atoms in total. The first-order valence-electron chi connectivity index (χ1n) is 4.74. The number of ether oxygens (including phenoxy) is 1. The zero-order valence-corrected chi connectivity index (χ0v) is 9.21. The number of nitrogens with zero attached hydrogens (tertiary/aromatic N) is 1. The van der Waals surface area contributed by atoms with Crippen molar-refractivity contribution in [2.75, 3.05) is 0 Å². The maximum Gasteiger partial charge on any atom is 0.573 e. The van der Waals surface area contributed by atoms with Crippen LogP contribution in [-0.2, 0) is 11.2 Å². The van der Waals surface area contributed by atoms with Crippen LogP contribution < -0.4 is 4.74 Å². The number of carbonyl (C=O) groups is 1. The SMILES string of the molecule is Cc1c(OC(F)(F)F)ccc(C#N)c1CC(=O)O. The summed E-state index contributed by atoms with van der Waals surface area (Å²) < 4.78 is 40.0. The van der Waals surface area contributed by atoms with Crippen LogP contribution in [0.1, 0.15) is 16.7 Å². The van der Waals surface area contributed by atoms with Crippen LogP contribution in [0.2, 0.25) is 0 Å². The number of halogens is 3. The van der Waals surface area contributed by atoms with Gasteiger partial charge < -0.3 is 9.84 Å². The number of carboxylic acids is 1. The zero-order valence-electron chi connectivity index (χ0n) is 9.21. The van der Waals surface area contributed by atoms with E-state index in [-0.39, 0.29) is 16.7 Å². The largest absolute Gasteiger partial charge is 0.573 e. The van der Waals surface area contributed by atoms with Crippen molar-refractivity contribution in [2.24, 2.45) is 0 Å². The molecule has 0 aliphatic heterocycles. The summed E-state index contributed by atoms with van der Waals surface area (Å²) in [5.74, 6) is -1.74. The van der Waals surface area contributed by atoms with Crippen molar-refractivity contribution >= 4 is 5.97 Å². The highest BCUT2D eigenvalue weighted by atomic mass is 19.4. The highest BCUT2D eigenvalue weighted by Gasteiger charge is 2.32. The molecule has 1 rings (SSSR count). The number of hydrogen-bond acceptors (Lipinski definition) is 3. The van der Waals surface area contributed by atoms with E-state index < -0.39 is 24.5 Å². The Morgan fingerprint density at radius 1 is 1.50 bits per heavy atom. The second kappa shape index (κ2) is 4.96. The van der Waals surface area contributed by atoms with Gasteiger partial charge in [-0.15, -0.1) is 13.2 Å². The van der Waals surface area contributed by atoms with Crippen molar-refractivity contribution < 1.29 is 27.8 Å². The standard InChI is InChI=1S/C11H8F3NO3/c1-6-8(4-10(16)17)7(5-15)2-3-9(6)18-11(12,13)14/h2-3H,4H2,1H3,(H,16,17). The lowest BCUT2D eigenvalue weighted by molar-refractivity contribution is -0.274. The molecule has 0 saturated heterocycles. The van der Waals surface area contributed by atoms with E-state index in [1.807, 2.05) is 0 Å². The normalized spacial score (nSPS) is 10.8. The highest BCUT2D eigenvalue weighted by Crippen LogP contribution is 2.30. The van der Waals surface area contributed by atoms with Crippen LogP contribution >= 0.6 is 0 Å². The monoisotopic (exact) mass is 259 g/mol. The molecule has 0 radical (unpaired) electrons. The minimum absolute atomic E-state index is 0.00576. The smallest absolute Gasteiger partial charge is 0.481 e. The van der Waals surface area contributed by atoms with Crippen LogP contribution in [-0.4, -0.2) is 17.4 Å². The van der Waals surface area contributed by atoms with Crippen LogP contribution in [0.4, 0.5) is 13.2 Å². The fourth-order valence-corrected chi connectivity index (χ4v) is 1.45. The molecular weight excluding hydrogens is 251 g/mol. The van der Waals surface area contributed by atoms with E-state index >= 15 is 0 Å². The molecule has 18 heavy (non-hydrogen) atoms. The quantitative estimate of drug-likeness (QED) is 0.904.